The molecule has 0 aromatic carbocycles. The van der Waals surface area contributed by atoms with Gasteiger partial charge in [-0.3, -0.25) is 9.59 Å². The van der Waals surface area contributed by atoms with E-state index in [-0.39, 0.29) is 23.9 Å². The SMILES string of the molecule is CC(NC(=O)CNC=O)C(C)(C)C. The number of hydrogen-bond acceptors (Lipinski definition) is 2. The van der Waals surface area contributed by atoms with E-state index in [9.17, 15) is 9.59 Å². The summed E-state index contributed by atoms with van der Waals surface area (Å²) in [5.41, 5.74) is 0.0385. The largest absolute Gasteiger partial charge is 0.352 e. The van der Waals surface area contributed by atoms with Crippen LogP contribution in [0.3, 0.4) is 0 Å². The summed E-state index contributed by atoms with van der Waals surface area (Å²) < 4.78 is 0. The van der Waals surface area contributed by atoms with E-state index in [1.165, 1.54) is 0 Å². The Morgan fingerprint density at radius 2 is 2.00 bits per heavy atom. The summed E-state index contributed by atoms with van der Waals surface area (Å²) in [7, 11) is 0. The van der Waals surface area contributed by atoms with Gasteiger partial charge in [0, 0.05) is 6.04 Å². The summed E-state index contributed by atoms with van der Waals surface area (Å²) >= 11 is 0. The zero-order valence-electron chi connectivity index (χ0n) is 8.68. The topological polar surface area (TPSA) is 58.2 Å². The highest BCUT2D eigenvalue weighted by atomic mass is 16.2. The first-order valence-corrected chi connectivity index (χ1v) is 4.34. The first-order chi connectivity index (χ1) is 5.88. The van der Waals surface area contributed by atoms with Gasteiger partial charge in [0.15, 0.2) is 0 Å². The molecule has 0 bridgehead atoms. The Morgan fingerprint density at radius 1 is 1.46 bits per heavy atom. The average Bonchev–Trinajstić information content (AvgIpc) is 1.99. The summed E-state index contributed by atoms with van der Waals surface area (Å²) in [4.78, 5) is 21.0. The predicted molar refractivity (Wildman–Crippen MR) is 51.1 cm³/mol. The van der Waals surface area contributed by atoms with Crippen LogP contribution in [0.1, 0.15) is 27.7 Å². The van der Waals surface area contributed by atoms with Crippen molar-refractivity contribution in [1.82, 2.24) is 10.6 Å². The van der Waals surface area contributed by atoms with Crippen molar-refractivity contribution in [3.63, 3.8) is 0 Å². The molecule has 0 saturated heterocycles. The molecule has 0 saturated carbocycles. The number of hydrogen-bond donors (Lipinski definition) is 2. The van der Waals surface area contributed by atoms with Crippen molar-refractivity contribution >= 4 is 12.3 Å². The van der Waals surface area contributed by atoms with Crippen LogP contribution in [-0.4, -0.2) is 24.9 Å². The van der Waals surface area contributed by atoms with Gasteiger partial charge in [0.05, 0.1) is 6.54 Å². The second kappa shape index (κ2) is 4.84. The van der Waals surface area contributed by atoms with Crippen LogP contribution in [0.4, 0.5) is 0 Å². The van der Waals surface area contributed by atoms with E-state index in [4.69, 9.17) is 0 Å². The predicted octanol–water partition coefficient (Wildman–Crippen LogP) is 0.283. The monoisotopic (exact) mass is 186 g/mol. The highest BCUT2D eigenvalue weighted by Crippen LogP contribution is 2.17. The van der Waals surface area contributed by atoms with E-state index < -0.39 is 0 Å². The minimum atomic E-state index is -0.158. The molecule has 0 heterocycles. The molecular weight excluding hydrogens is 168 g/mol. The standard InChI is InChI=1S/C9H18N2O2/c1-7(9(2,3)4)11-8(13)5-10-6-12/h6-7H,5H2,1-4H3,(H,10,12)(H,11,13). The second-order valence-corrected chi connectivity index (χ2v) is 4.15. The van der Waals surface area contributed by atoms with Gasteiger partial charge < -0.3 is 10.6 Å². The molecule has 2 amide bonds. The molecule has 0 aromatic rings. The van der Waals surface area contributed by atoms with E-state index in [1.807, 2.05) is 27.7 Å². The van der Waals surface area contributed by atoms with Crippen molar-refractivity contribution in [2.24, 2.45) is 5.41 Å². The number of rotatable bonds is 4. The zero-order valence-corrected chi connectivity index (χ0v) is 8.68. The highest BCUT2D eigenvalue weighted by molar-refractivity contribution is 5.80. The van der Waals surface area contributed by atoms with Gasteiger partial charge in [0.25, 0.3) is 0 Å². The van der Waals surface area contributed by atoms with Crippen LogP contribution < -0.4 is 10.6 Å². The fourth-order valence-corrected chi connectivity index (χ4v) is 0.643. The van der Waals surface area contributed by atoms with Crippen molar-refractivity contribution in [2.45, 2.75) is 33.7 Å². The molecule has 0 radical (unpaired) electrons. The number of carbonyl (C=O) groups excluding carboxylic acids is 2. The summed E-state index contributed by atoms with van der Waals surface area (Å²) in [6.07, 6.45) is 0.515. The number of nitrogens with one attached hydrogen (secondary N) is 2. The van der Waals surface area contributed by atoms with Gasteiger partial charge in [-0.25, -0.2) is 0 Å². The minimum absolute atomic E-state index is 0.0385. The van der Waals surface area contributed by atoms with Crippen molar-refractivity contribution < 1.29 is 9.59 Å². The van der Waals surface area contributed by atoms with Crippen LogP contribution >= 0.6 is 0 Å². The van der Waals surface area contributed by atoms with Crippen molar-refractivity contribution in [1.29, 1.82) is 0 Å². The van der Waals surface area contributed by atoms with Gasteiger partial charge in [-0.1, -0.05) is 20.8 Å². The van der Waals surface area contributed by atoms with E-state index in [0.29, 0.717) is 6.41 Å². The lowest BCUT2D eigenvalue weighted by Crippen LogP contribution is -2.44. The number of amides is 2. The molecule has 2 N–H and O–H groups in total. The van der Waals surface area contributed by atoms with Crippen LogP contribution in [0.5, 0.6) is 0 Å². The first-order valence-electron chi connectivity index (χ1n) is 4.34. The first kappa shape index (κ1) is 11.9. The Labute approximate surface area is 79.1 Å². The Kier molecular flexibility index (Phi) is 4.45. The molecule has 4 heteroatoms. The van der Waals surface area contributed by atoms with Gasteiger partial charge in [0.2, 0.25) is 12.3 Å². The van der Waals surface area contributed by atoms with Gasteiger partial charge in [0.1, 0.15) is 0 Å². The van der Waals surface area contributed by atoms with Crippen LogP contribution in [0.15, 0.2) is 0 Å². The normalized spacial score (nSPS) is 13.2. The van der Waals surface area contributed by atoms with Crippen molar-refractivity contribution in [3.05, 3.63) is 0 Å². The van der Waals surface area contributed by atoms with Gasteiger partial charge in [-0.05, 0) is 12.3 Å². The van der Waals surface area contributed by atoms with Crippen LogP contribution in [0.2, 0.25) is 0 Å². The molecule has 0 aliphatic carbocycles. The lowest BCUT2D eigenvalue weighted by atomic mass is 9.88. The molecule has 1 unspecified atom stereocenters. The summed E-state index contributed by atoms with van der Waals surface area (Å²) in [6, 6.07) is 0.0912. The Bertz CT molecular complexity index is 185. The molecule has 0 rings (SSSR count). The molecule has 1 atom stereocenters. The van der Waals surface area contributed by atoms with E-state index in [1.54, 1.807) is 0 Å². The van der Waals surface area contributed by atoms with Crippen LogP contribution in [-0.2, 0) is 9.59 Å². The minimum Gasteiger partial charge on any atom is -0.352 e. The second-order valence-electron chi connectivity index (χ2n) is 4.15. The lowest BCUT2D eigenvalue weighted by molar-refractivity contribution is -0.123. The summed E-state index contributed by atoms with van der Waals surface area (Å²) in [6.45, 7) is 8.13. The van der Waals surface area contributed by atoms with E-state index in [2.05, 4.69) is 10.6 Å². The van der Waals surface area contributed by atoms with Crippen LogP contribution in [0, 0.1) is 5.41 Å². The fraction of sp³-hybridized carbons (Fsp3) is 0.778. The molecule has 0 spiro atoms. The summed E-state index contributed by atoms with van der Waals surface area (Å²) in [5, 5.41) is 5.11. The maximum absolute atomic E-state index is 11.1. The van der Waals surface area contributed by atoms with E-state index >= 15 is 0 Å². The third kappa shape index (κ3) is 5.22. The van der Waals surface area contributed by atoms with Crippen molar-refractivity contribution in [3.8, 4) is 0 Å². The Balaban J connectivity index is 3.85. The molecule has 0 aromatic heterocycles. The Hall–Kier alpha value is -1.06. The van der Waals surface area contributed by atoms with Gasteiger partial charge in [-0.15, -0.1) is 0 Å². The lowest BCUT2D eigenvalue weighted by Gasteiger charge is -2.27. The maximum Gasteiger partial charge on any atom is 0.239 e. The smallest absolute Gasteiger partial charge is 0.239 e. The fourth-order valence-electron chi connectivity index (χ4n) is 0.643. The molecule has 0 aliphatic heterocycles. The molecule has 0 aliphatic rings. The van der Waals surface area contributed by atoms with Crippen molar-refractivity contribution in [2.75, 3.05) is 6.54 Å². The summed E-state index contributed by atoms with van der Waals surface area (Å²) in [5.74, 6) is -0.158. The van der Waals surface area contributed by atoms with Crippen LogP contribution in [0.25, 0.3) is 0 Å². The third-order valence-electron chi connectivity index (χ3n) is 2.02. The molecule has 0 fully saturated rings. The van der Waals surface area contributed by atoms with Gasteiger partial charge >= 0.3 is 0 Å². The van der Waals surface area contributed by atoms with E-state index in [0.717, 1.165) is 0 Å². The highest BCUT2D eigenvalue weighted by Gasteiger charge is 2.21. The van der Waals surface area contributed by atoms with Gasteiger partial charge in [-0.2, -0.15) is 0 Å². The molecular formula is C9H18N2O2. The average molecular weight is 186 g/mol. The zero-order chi connectivity index (χ0) is 10.5. The number of carbonyl (C=O) groups is 2. The quantitative estimate of drug-likeness (QED) is 0.620. The molecule has 76 valence electrons. The maximum atomic E-state index is 11.1. The Morgan fingerprint density at radius 3 is 2.38 bits per heavy atom. The third-order valence-corrected chi connectivity index (χ3v) is 2.02. The molecule has 4 nitrogen and oxygen atoms in total. The molecule has 13 heavy (non-hydrogen) atoms.